The van der Waals surface area contributed by atoms with Crippen LogP contribution in [0.3, 0.4) is 0 Å². The largest absolute Gasteiger partial charge is 0.348 e. The van der Waals surface area contributed by atoms with Crippen LogP contribution in [0.5, 0.6) is 0 Å². The summed E-state index contributed by atoms with van der Waals surface area (Å²) in [6, 6.07) is 0. The highest BCUT2D eigenvalue weighted by Crippen LogP contribution is 2.36. The summed E-state index contributed by atoms with van der Waals surface area (Å²) in [6.45, 7) is 4.57. The van der Waals surface area contributed by atoms with Crippen LogP contribution in [0.15, 0.2) is 0 Å². The zero-order valence-corrected chi connectivity index (χ0v) is 9.21. The van der Waals surface area contributed by atoms with E-state index in [4.69, 9.17) is 15.2 Å². The van der Waals surface area contributed by atoms with Gasteiger partial charge in [0, 0.05) is 5.54 Å². The Morgan fingerprint density at radius 3 is 2.29 bits per heavy atom. The van der Waals surface area contributed by atoms with Gasteiger partial charge in [-0.25, -0.2) is 0 Å². The van der Waals surface area contributed by atoms with Gasteiger partial charge in [0.1, 0.15) is 6.10 Å². The van der Waals surface area contributed by atoms with Crippen LogP contribution in [0.1, 0.15) is 46.0 Å². The van der Waals surface area contributed by atoms with Crippen molar-refractivity contribution in [3.8, 4) is 0 Å². The van der Waals surface area contributed by atoms with Crippen molar-refractivity contribution >= 4 is 0 Å². The van der Waals surface area contributed by atoms with Crippen molar-refractivity contribution in [2.75, 3.05) is 6.61 Å². The van der Waals surface area contributed by atoms with Gasteiger partial charge >= 0.3 is 0 Å². The second kappa shape index (κ2) is 3.47. The maximum Gasteiger partial charge on any atom is 0.163 e. The Balaban J connectivity index is 2.00. The maximum absolute atomic E-state index is 6.38. The maximum atomic E-state index is 6.38. The van der Waals surface area contributed by atoms with E-state index in [1.807, 2.05) is 13.8 Å². The van der Waals surface area contributed by atoms with Crippen molar-refractivity contribution in [3.05, 3.63) is 0 Å². The van der Waals surface area contributed by atoms with Crippen molar-refractivity contribution < 1.29 is 9.47 Å². The van der Waals surface area contributed by atoms with E-state index in [0.717, 1.165) is 12.8 Å². The lowest BCUT2D eigenvalue weighted by molar-refractivity contribution is -0.148. The fourth-order valence-electron chi connectivity index (χ4n) is 2.50. The van der Waals surface area contributed by atoms with Gasteiger partial charge in [0.25, 0.3) is 0 Å². The van der Waals surface area contributed by atoms with Gasteiger partial charge < -0.3 is 15.2 Å². The zero-order valence-electron chi connectivity index (χ0n) is 9.21. The molecule has 1 saturated heterocycles. The Labute approximate surface area is 85.9 Å². The quantitative estimate of drug-likeness (QED) is 0.700. The van der Waals surface area contributed by atoms with E-state index in [9.17, 15) is 0 Å². The molecule has 0 bridgehead atoms. The lowest BCUT2D eigenvalue weighted by atomic mass is 9.78. The Morgan fingerprint density at radius 1 is 1.14 bits per heavy atom. The molecule has 0 amide bonds. The molecule has 1 saturated carbocycles. The minimum atomic E-state index is -0.436. The summed E-state index contributed by atoms with van der Waals surface area (Å²) in [5.41, 5.74) is 6.25. The van der Waals surface area contributed by atoms with Gasteiger partial charge in [-0.1, -0.05) is 19.3 Å². The molecule has 0 aromatic rings. The molecule has 0 aromatic heterocycles. The smallest absolute Gasteiger partial charge is 0.163 e. The highest BCUT2D eigenvalue weighted by atomic mass is 16.7. The number of hydrogen-bond acceptors (Lipinski definition) is 3. The molecule has 82 valence electrons. The summed E-state index contributed by atoms with van der Waals surface area (Å²) < 4.78 is 11.4. The van der Waals surface area contributed by atoms with Crippen LogP contribution in [0.4, 0.5) is 0 Å². The second-order valence-electron chi connectivity index (χ2n) is 5.11. The normalized spacial score (nSPS) is 35.8. The van der Waals surface area contributed by atoms with Crippen molar-refractivity contribution in [1.82, 2.24) is 0 Å². The van der Waals surface area contributed by atoms with Crippen LogP contribution in [0.25, 0.3) is 0 Å². The molecule has 14 heavy (non-hydrogen) atoms. The van der Waals surface area contributed by atoms with Crippen LogP contribution >= 0.6 is 0 Å². The van der Waals surface area contributed by atoms with Gasteiger partial charge in [-0.15, -0.1) is 0 Å². The predicted molar refractivity (Wildman–Crippen MR) is 54.9 cm³/mol. The molecule has 3 nitrogen and oxygen atoms in total. The van der Waals surface area contributed by atoms with E-state index in [-0.39, 0.29) is 11.6 Å². The zero-order chi connectivity index (χ0) is 10.2. The van der Waals surface area contributed by atoms with E-state index < -0.39 is 5.79 Å². The molecule has 1 aliphatic carbocycles. The Bertz CT molecular complexity index is 209. The number of hydrogen-bond donors (Lipinski definition) is 1. The summed E-state index contributed by atoms with van der Waals surface area (Å²) in [7, 11) is 0. The highest BCUT2D eigenvalue weighted by Gasteiger charge is 2.44. The van der Waals surface area contributed by atoms with Gasteiger partial charge in [-0.05, 0) is 26.7 Å². The Kier molecular flexibility index (Phi) is 2.58. The SMILES string of the molecule is CC1(C)OCC(C2(N)CCCCC2)O1. The van der Waals surface area contributed by atoms with E-state index in [1.165, 1.54) is 19.3 Å². The minimum absolute atomic E-state index is 0.0952. The van der Waals surface area contributed by atoms with E-state index in [1.54, 1.807) is 0 Å². The van der Waals surface area contributed by atoms with Crippen molar-refractivity contribution in [1.29, 1.82) is 0 Å². The molecular formula is C11H21NO2. The van der Waals surface area contributed by atoms with Gasteiger partial charge in [0.2, 0.25) is 0 Å². The number of rotatable bonds is 1. The molecule has 0 radical (unpaired) electrons. The first kappa shape index (κ1) is 10.4. The molecule has 2 N–H and O–H groups in total. The second-order valence-corrected chi connectivity index (χ2v) is 5.11. The monoisotopic (exact) mass is 199 g/mol. The first-order valence-electron chi connectivity index (χ1n) is 5.63. The third-order valence-corrected chi connectivity index (χ3v) is 3.43. The molecule has 0 aromatic carbocycles. The van der Waals surface area contributed by atoms with Gasteiger partial charge in [-0.2, -0.15) is 0 Å². The third-order valence-electron chi connectivity index (χ3n) is 3.43. The van der Waals surface area contributed by atoms with Crippen molar-refractivity contribution in [2.24, 2.45) is 5.73 Å². The summed E-state index contributed by atoms with van der Waals surface area (Å²) in [4.78, 5) is 0. The topological polar surface area (TPSA) is 44.5 Å². The van der Waals surface area contributed by atoms with Crippen LogP contribution in [-0.2, 0) is 9.47 Å². The lowest BCUT2D eigenvalue weighted by Gasteiger charge is -2.37. The van der Waals surface area contributed by atoms with Crippen LogP contribution in [-0.4, -0.2) is 24.0 Å². The Hall–Kier alpha value is -0.120. The van der Waals surface area contributed by atoms with Crippen LogP contribution in [0.2, 0.25) is 0 Å². The van der Waals surface area contributed by atoms with E-state index >= 15 is 0 Å². The number of nitrogens with two attached hydrogens (primary N) is 1. The van der Waals surface area contributed by atoms with Gasteiger partial charge in [0.05, 0.1) is 6.61 Å². The predicted octanol–water partition coefficient (Wildman–Crippen LogP) is 1.80. The molecule has 0 spiro atoms. The molecule has 1 aliphatic heterocycles. The fraction of sp³-hybridized carbons (Fsp3) is 1.00. The minimum Gasteiger partial charge on any atom is -0.348 e. The molecule has 1 atom stereocenters. The molecule has 1 heterocycles. The molecule has 1 unspecified atom stereocenters. The molecule has 2 aliphatic rings. The standard InChI is InChI=1S/C11H21NO2/c1-10(2)13-8-9(14-10)11(12)6-4-3-5-7-11/h9H,3-8,12H2,1-2H3. The summed E-state index contributed by atoms with van der Waals surface area (Å²) in [5, 5.41) is 0. The molecular weight excluding hydrogens is 178 g/mol. The van der Waals surface area contributed by atoms with Crippen molar-refractivity contribution in [3.63, 3.8) is 0 Å². The third kappa shape index (κ3) is 1.95. The molecule has 2 fully saturated rings. The average molecular weight is 199 g/mol. The molecule has 3 heteroatoms. The first-order chi connectivity index (χ1) is 6.52. The first-order valence-corrected chi connectivity index (χ1v) is 5.63. The summed E-state index contributed by atoms with van der Waals surface area (Å²) in [6.07, 6.45) is 6.04. The van der Waals surface area contributed by atoms with E-state index in [2.05, 4.69) is 0 Å². The Morgan fingerprint density at radius 2 is 1.79 bits per heavy atom. The van der Waals surface area contributed by atoms with Crippen LogP contribution in [0, 0.1) is 0 Å². The van der Waals surface area contributed by atoms with Gasteiger partial charge in [-0.3, -0.25) is 0 Å². The summed E-state index contributed by atoms with van der Waals surface area (Å²) in [5.74, 6) is -0.436. The lowest BCUT2D eigenvalue weighted by Crippen LogP contribution is -2.53. The summed E-state index contributed by atoms with van der Waals surface area (Å²) >= 11 is 0. The fourth-order valence-corrected chi connectivity index (χ4v) is 2.50. The van der Waals surface area contributed by atoms with E-state index in [0.29, 0.717) is 6.61 Å². The number of ether oxygens (including phenoxy) is 2. The van der Waals surface area contributed by atoms with Gasteiger partial charge in [0.15, 0.2) is 5.79 Å². The molecule has 2 rings (SSSR count). The van der Waals surface area contributed by atoms with Crippen LogP contribution < -0.4 is 5.73 Å². The average Bonchev–Trinajstić information content (AvgIpc) is 2.48. The highest BCUT2D eigenvalue weighted by molar-refractivity contribution is 4.97. The van der Waals surface area contributed by atoms with Crippen molar-refractivity contribution in [2.45, 2.75) is 63.4 Å².